The molecule has 0 fully saturated rings. The maximum atomic E-state index is 13.2. The van der Waals surface area contributed by atoms with E-state index in [1.54, 1.807) is 12.3 Å². The predicted octanol–water partition coefficient (Wildman–Crippen LogP) is 5.28. The van der Waals surface area contributed by atoms with Crippen LogP contribution in [0.15, 0.2) is 39.4 Å². The molecule has 0 unspecified atom stereocenters. The molecule has 0 amide bonds. The second-order valence-corrected chi connectivity index (χ2v) is 5.56. The lowest BCUT2D eigenvalue weighted by Gasteiger charge is -2.09. The smallest absolute Gasteiger partial charge is 0.223 e. The molecule has 0 aliphatic rings. The molecule has 18 heavy (non-hydrogen) atoms. The van der Waals surface area contributed by atoms with Crippen molar-refractivity contribution in [2.45, 2.75) is 5.88 Å². The van der Waals surface area contributed by atoms with Crippen LogP contribution < -0.4 is 4.74 Å². The van der Waals surface area contributed by atoms with E-state index < -0.39 is 0 Å². The van der Waals surface area contributed by atoms with E-state index in [4.69, 9.17) is 16.3 Å². The Morgan fingerprint density at radius 1 is 1.17 bits per heavy atom. The van der Waals surface area contributed by atoms with E-state index >= 15 is 0 Å². The van der Waals surface area contributed by atoms with Gasteiger partial charge in [-0.25, -0.2) is 9.37 Å². The molecule has 0 saturated carbocycles. The number of ether oxygens (including phenoxy) is 1. The number of pyridine rings is 1. The molecule has 0 radical (unpaired) electrons. The number of nitrogens with zero attached hydrogens (tertiary/aromatic N) is 1. The van der Waals surface area contributed by atoms with Gasteiger partial charge >= 0.3 is 0 Å². The van der Waals surface area contributed by atoms with Crippen molar-refractivity contribution in [3.05, 3.63) is 50.8 Å². The fraction of sp³-hybridized carbons (Fsp3) is 0.0833. The fourth-order valence-electron chi connectivity index (χ4n) is 1.36. The quantitative estimate of drug-likeness (QED) is 0.660. The van der Waals surface area contributed by atoms with Crippen LogP contribution in [0.2, 0.25) is 0 Å². The molecule has 2 aromatic rings. The maximum absolute atomic E-state index is 13.2. The summed E-state index contributed by atoms with van der Waals surface area (Å²) in [7, 11) is 0. The Morgan fingerprint density at radius 3 is 2.61 bits per heavy atom. The van der Waals surface area contributed by atoms with E-state index in [1.807, 2.05) is 6.07 Å². The zero-order chi connectivity index (χ0) is 13.1. The van der Waals surface area contributed by atoms with Crippen LogP contribution in [-0.4, -0.2) is 4.98 Å². The molecular formula is C12H7Br2ClFNO. The zero-order valence-corrected chi connectivity index (χ0v) is 12.9. The normalized spacial score (nSPS) is 10.4. The van der Waals surface area contributed by atoms with Gasteiger partial charge in [0.2, 0.25) is 5.88 Å². The molecule has 0 bridgehead atoms. The Bertz CT molecular complexity index is 560. The van der Waals surface area contributed by atoms with Crippen molar-refractivity contribution in [1.29, 1.82) is 0 Å². The standard InChI is InChI=1S/C12H7Br2ClFNO/c13-8-2-10(16)4-11(3-8)18-12-7(5-15)1-9(14)6-17-12/h1-4,6H,5H2. The number of hydrogen-bond donors (Lipinski definition) is 0. The van der Waals surface area contributed by atoms with Crippen molar-refractivity contribution >= 4 is 43.5 Å². The third kappa shape index (κ3) is 3.43. The van der Waals surface area contributed by atoms with E-state index in [2.05, 4.69) is 36.8 Å². The number of halogens is 4. The average Bonchev–Trinajstić information content (AvgIpc) is 2.30. The van der Waals surface area contributed by atoms with Crippen molar-refractivity contribution in [3.8, 4) is 11.6 Å². The van der Waals surface area contributed by atoms with Crippen LogP contribution in [0, 0.1) is 5.82 Å². The van der Waals surface area contributed by atoms with Crippen LogP contribution in [0.25, 0.3) is 0 Å². The Hall–Kier alpha value is -0.650. The molecule has 0 N–H and O–H groups in total. The third-order valence-corrected chi connectivity index (χ3v) is 3.27. The summed E-state index contributed by atoms with van der Waals surface area (Å²) in [6.07, 6.45) is 1.60. The molecule has 1 heterocycles. The van der Waals surface area contributed by atoms with Crippen molar-refractivity contribution in [2.75, 3.05) is 0 Å². The molecular weight excluding hydrogens is 388 g/mol. The third-order valence-electron chi connectivity index (χ3n) is 2.09. The summed E-state index contributed by atoms with van der Waals surface area (Å²) >= 11 is 12.3. The lowest BCUT2D eigenvalue weighted by atomic mass is 10.3. The summed E-state index contributed by atoms with van der Waals surface area (Å²) in [5.41, 5.74) is 0.728. The minimum atomic E-state index is -0.385. The molecule has 1 aromatic carbocycles. The van der Waals surface area contributed by atoms with Gasteiger partial charge in [0.25, 0.3) is 0 Å². The van der Waals surface area contributed by atoms with Gasteiger partial charge in [0.15, 0.2) is 0 Å². The summed E-state index contributed by atoms with van der Waals surface area (Å²) in [5.74, 6) is 0.607. The molecule has 6 heteroatoms. The van der Waals surface area contributed by atoms with Gasteiger partial charge in [-0.05, 0) is 34.1 Å². The van der Waals surface area contributed by atoms with E-state index in [9.17, 15) is 4.39 Å². The molecule has 0 aliphatic carbocycles. The Labute approximate surface area is 125 Å². The second kappa shape index (κ2) is 5.99. The summed E-state index contributed by atoms with van der Waals surface area (Å²) < 4.78 is 20.2. The van der Waals surface area contributed by atoms with Crippen LogP contribution in [0.4, 0.5) is 4.39 Å². The highest BCUT2D eigenvalue weighted by Crippen LogP contribution is 2.29. The largest absolute Gasteiger partial charge is 0.439 e. The van der Waals surface area contributed by atoms with E-state index in [0.29, 0.717) is 16.1 Å². The van der Waals surface area contributed by atoms with Gasteiger partial charge in [-0.2, -0.15) is 0 Å². The summed E-state index contributed by atoms with van der Waals surface area (Å²) in [6.45, 7) is 0. The Kier molecular flexibility index (Phi) is 4.59. The first-order valence-electron chi connectivity index (χ1n) is 4.93. The Morgan fingerprint density at radius 2 is 1.94 bits per heavy atom. The molecule has 0 aliphatic heterocycles. The number of hydrogen-bond acceptors (Lipinski definition) is 2. The van der Waals surface area contributed by atoms with E-state index in [0.717, 1.165) is 10.0 Å². The van der Waals surface area contributed by atoms with Crippen LogP contribution in [-0.2, 0) is 5.88 Å². The number of benzene rings is 1. The van der Waals surface area contributed by atoms with E-state index in [1.165, 1.54) is 12.1 Å². The molecule has 0 atom stereocenters. The highest BCUT2D eigenvalue weighted by atomic mass is 79.9. The lowest BCUT2D eigenvalue weighted by molar-refractivity contribution is 0.453. The Balaban J connectivity index is 2.33. The summed E-state index contributed by atoms with van der Waals surface area (Å²) in [5, 5.41) is 0. The molecule has 0 spiro atoms. The second-order valence-electron chi connectivity index (χ2n) is 3.46. The van der Waals surface area contributed by atoms with Gasteiger partial charge < -0.3 is 4.74 Å². The van der Waals surface area contributed by atoms with Gasteiger partial charge in [-0.3, -0.25) is 0 Å². The van der Waals surface area contributed by atoms with E-state index in [-0.39, 0.29) is 11.7 Å². The first-order chi connectivity index (χ1) is 8.58. The number of rotatable bonds is 3. The summed E-state index contributed by atoms with van der Waals surface area (Å²) in [6, 6.07) is 6.10. The lowest BCUT2D eigenvalue weighted by Crippen LogP contribution is -1.93. The maximum Gasteiger partial charge on any atom is 0.223 e. The van der Waals surface area contributed by atoms with Gasteiger partial charge in [0.05, 0.1) is 5.88 Å². The minimum absolute atomic E-state index is 0.262. The summed E-state index contributed by atoms with van der Waals surface area (Å²) in [4.78, 5) is 4.11. The predicted molar refractivity (Wildman–Crippen MR) is 75.7 cm³/mol. The van der Waals surface area contributed by atoms with Crippen molar-refractivity contribution in [1.82, 2.24) is 4.98 Å². The highest BCUT2D eigenvalue weighted by molar-refractivity contribution is 9.10. The monoisotopic (exact) mass is 393 g/mol. The molecule has 1 aromatic heterocycles. The highest BCUT2D eigenvalue weighted by Gasteiger charge is 2.08. The van der Waals surface area contributed by atoms with Gasteiger partial charge in [0, 0.05) is 26.8 Å². The SMILES string of the molecule is Fc1cc(Br)cc(Oc2ncc(Br)cc2CCl)c1. The molecule has 0 saturated heterocycles. The van der Waals surface area contributed by atoms with Crippen LogP contribution in [0.5, 0.6) is 11.6 Å². The molecule has 2 nitrogen and oxygen atoms in total. The number of alkyl halides is 1. The molecule has 2 rings (SSSR count). The zero-order valence-electron chi connectivity index (χ0n) is 8.96. The van der Waals surface area contributed by atoms with Crippen LogP contribution in [0.3, 0.4) is 0 Å². The van der Waals surface area contributed by atoms with Gasteiger partial charge in [-0.15, -0.1) is 11.6 Å². The first-order valence-corrected chi connectivity index (χ1v) is 7.05. The minimum Gasteiger partial charge on any atom is -0.439 e. The van der Waals surface area contributed by atoms with Crippen LogP contribution >= 0.6 is 43.5 Å². The van der Waals surface area contributed by atoms with Crippen molar-refractivity contribution in [2.24, 2.45) is 0 Å². The van der Waals surface area contributed by atoms with Crippen LogP contribution in [0.1, 0.15) is 5.56 Å². The van der Waals surface area contributed by atoms with Crippen molar-refractivity contribution < 1.29 is 9.13 Å². The average molecular weight is 395 g/mol. The van der Waals surface area contributed by atoms with Gasteiger partial charge in [0.1, 0.15) is 11.6 Å². The molecule has 94 valence electrons. The van der Waals surface area contributed by atoms with Gasteiger partial charge in [-0.1, -0.05) is 15.9 Å². The fourth-order valence-corrected chi connectivity index (χ4v) is 2.37. The number of aromatic nitrogens is 1. The first kappa shape index (κ1) is 13.8. The topological polar surface area (TPSA) is 22.1 Å². The van der Waals surface area contributed by atoms with Crippen molar-refractivity contribution in [3.63, 3.8) is 0 Å².